The van der Waals surface area contributed by atoms with Crippen LogP contribution in [0.2, 0.25) is 18.1 Å². The van der Waals surface area contributed by atoms with E-state index in [2.05, 4.69) is 39.8 Å². The molecule has 0 radical (unpaired) electrons. The highest BCUT2D eigenvalue weighted by Crippen LogP contribution is 2.38. The van der Waals surface area contributed by atoms with Crippen LogP contribution in [0.3, 0.4) is 0 Å². The molecule has 0 bridgehead atoms. The second-order valence-electron chi connectivity index (χ2n) is 7.57. The van der Waals surface area contributed by atoms with Crippen molar-refractivity contribution in [1.29, 1.82) is 0 Å². The van der Waals surface area contributed by atoms with Gasteiger partial charge in [-0.05, 0) is 18.1 Å². The topological polar surface area (TPSA) is 54.0 Å². The van der Waals surface area contributed by atoms with Gasteiger partial charge in [-0.25, -0.2) is 4.79 Å². The van der Waals surface area contributed by atoms with Gasteiger partial charge in [0.15, 0.2) is 15.1 Å². The summed E-state index contributed by atoms with van der Waals surface area (Å²) in [5.41, 5.74) is 0. The Morgan fingerprint density at radius 3 is 2.67 bits per heavy atom. The van der Waals surface area contributed by atoms with E-state index >= 15 is 0 Å². The van der Waals surface area contributed by atoms with Gasteiger partial charge in [-0.2, -0.15) is 0 Å². The number of cyclic esters (lactones) is 1. The summed E-state index contributed by atoms with van der Waals surface area (Å²) in [6, 6.07) is 0. The number of rotatable bonds is 8. The molecule has 0 spiro atoms. The minimum absolute atomic E-state index is 0.0930. The van der Waals surface area contributed by atoms with Crippen LogP contribution in [-0.4, -0.2) is 40.4 Å². The van der Waals surface area contributed by atoms with Gasteiger partial charge in [0.2, 0.25) is 0 Å². The maximum absolute atomic E-state index is 11.7. The molecule has 1 aliphatic rings. The van der Waals surface area contributed by atoms with Crippen molar-refractivity contribution in [2.24, 2.45) is 0 Å². The van der Waals surface area contributed by atoms with Gasteiger partial charge in [0.1, 0.15) is 11.9 Å². The van der Waals surface area contributed by atoms with Gasteiger partial charge >= 0.3 is 5.97 Å². The van der Waals surface area contributed by atoms with Crippen molar-refractivity contribution < 1.29 is 23.4 Å². The Bertz CT molecular complexity index is 499. The Balaban J connectivity index is 2.74. The first-order valence-electron chi connectivity index (χ1n) is 8.23. The van der Waals surface area contributed by atoms with Crippen LogP contribution in [0.15, 0.2) is 11.8 Å². The molecule has 0 saturated heterocycles. The number of hydrogen-bond donors (Lipinski definition) is 0. The largest absolute Gasteiger partial charge is 0.471 e. The Kier molecular flexibility index (Phi) is 7.52. The summed E-state index contributed by atoms with van der Waals surface area (Å²) in [6.07, 6.45) is 8.02. The molecule has 0 aliphatic carbocycles. The molecule has 6 heteroatoms. The Morgan fingerprint density at radius 1 is 1.46 bits per heavy atom. The third kappa shape index (κ3) is 6.31. The quantitative estimate of drug-likeness (QED) is 0.288. The zero-order chi connectivity index (χ0) is 18.4. The van der Waals surface area contributed by atoms with Crippen molar-refractivity contribution >= 4 is 14.3 Å². The maximum atomic E-state index is 11.7. The van der Waals surface area contributed by atoms with Crippen molar-refractivity contribution in [2.75, 3.05) is 13.9 Å². The van der Waals surface area contributed by atoms with E-state index in [0.717, 1.165) is 0 Å². The molecule has 0 aromatic rings. The minimum atomic E-state index is -1.95. The molecule has 1 aliphatic heterocycles. The van der Waals surface area contributed by atoms with E-state index < -0.39 is 14.3 Å². The number of esters is 1. The molecule has 0 fully saturated rings. The zero-order valence-electron chi connectivity index (χ0n) is 15.7. The number of terminal acetylenes is 1. The van der Waals surface area contributed by atoms with E-state index in [4.69, 9.17) is 25.1 Å². The molecule has 1 heterocycles. The van der Waals surface area contributed by atoms with Crippen LogP contribution in [0, 0.1) is 12.3 Å². The number of ether oxygens (including phenoxy) is 3. The number of methoxy groups -OCH3 is 1. The Hall–Kier alpha value is -1.29. The average Bonchev–Trinajstić information content (AvgIpc) is 2.43. The van der Waals surface area contributed by atoms with Gasteiger partial charge < -0.3 is 18.6 Å². The van der Waals surface area contributed by atoms with E-state index in [1.165, 1.54) is 13.2 Å². The smallest absolute Gasteiger partial charge is 0.334 e. The molecule has 0 amide bonds. The second kappa shape index (κ2) is 8.70. The van der Waals surface area contributed by atoms with E-state index in [1.807, 2.05) is 0 Å². The molecule has 0 aromatic heterocycles. The summed E-state index contributed by atoms with van der Waals surface area (Å²) >= 11 is 0. The van der Waals surface area contributed by atoms with Crippen LogP contribution in [0.1, 0.15) is 40.0 Å². The molecule has 0 aromatic carbocycles. The van der Waals surface area contributed by atoms with Crippen LogP contribution in [0.25, 0.3) is 0 Å². The first-order valence-corrected chi connectivity index (χ1v) is 11.1. The Labute approximate surface area is 146 Å². The lowest BCUT2D eigenvalue weighted by Crippen LogP contribution is -2.45. The van der Waals surface area contributed by atoms with Crippen LogP contribution in [0.5, 0.6) is 0 Å². The highest BCUT2D eigenvalue weighted by atomic mass is 28.4. The van der Waals surface area contributed by atoms with Gasteiger partial charge in [0, 0.05) is 26.4 Å². The van der Waals surface area contributed by atoms with Crippen molar-refractivity contribution in [1.82, 2.24) is 0 Å². The van der Waals surface area contributed by atoms with Crippen LogP contribution < -0.4 is 0 Å². The molecular weight excluding hydrogens is 324 g/mol. The standard InChI is InChI=1S/C18H30O5Si/c1-8-9-14(23-24(6,7)18(2,3)4)10-16-11-15(21-13-20-5)12-17(19)22-16/h1,12,14,16H,9-11,13H2,2-7H3/t14-,16-/m1/s1. The van der Waals surface area contributed by atoms with Gasteiger partial charge in [0.05, 0.1) is 12.2 Å². The highest BCUT2D eigenvalue weighted by Gasteiger charge is 2.40. The normalized spacial score (nSPS) is 20.0. The predicted octanol–water partition coefficient (Wildman–Crippen LogP) is 3.61. The molecule has 0 saturated carbocycles. The lowest BCUT2D eigenvalue weighted by Gasteiger charge is -2.39. The molecule has 2 atom stereocenters. The van der Waals surface area contributed by atoms with Crippen LogP contribution in [-0.2, 0) is 23.4 Å². The zero-order valence-corrected chi connectivity index (χ0v) is 16.7. The highest BCUT2D eigenvalue weighted by molar-refractivity contribution is 6.74. The minimum Gasteiger partial charge on any atom is -0.471 e. The van der Waals surface area contributed by atoms with E-state index in [0.29, 0.717) is 25.0 Å². The number of hydrogen-bond acceptors (Lipinski definition) is 5. The van der Waals surface area contributed by atoms with Crippen molar-refractivity contribution in [3.8, 4) is 12.3 Å². The third-order valence-electron chi connectivity index (χ3n) is 4.49. The molecule has 5 nitrogen and oxygen atoms in total. The van der Waals surface area contributed by atoms with Gasteiger partial charge in [-0.3, -0.25) is 0 Å². The summed E-state index contributed by atoms with van der Waals surface area (Å²) in [4.78, 5) is 11.7. The average molecular weight is 355 g/mol. The van der Waals surface area contributed by atoms with Crippen molar-refractivity contribution in [3.63, 3.8) is 0 Å². The van der Waals surface area contributed by atoms with E-state index in [1.54, 1.807) is 0 Å². The first-order chi connectivity index (χ1) is 11.1. The molecule has 0 N–H and O–H groups in total. The summed E-state index contributed by atoms with van der Waals surface area (Å²) in [5, 5.41) is 0.0930. The van der Waals surface area contributed by atoms with E-state index in [9.17, 15) is 4.79 Å². The number of carbonyl (C=O) groups is 1. The second-order valence-corrected chi connectivity index (χ2v) is 12.3. The fourth-order valence-corrected chi connectivity index (χ4v) is 3.58. The first kappa shape index (κ1) is 20.8. The monoisotopic (exact) mass is 354 g/mol. The molecule has 1 rings (SSSR count). The lowest BCUT2D eigenvalue weighted by molar-refractivity contribution is -0.147. The Morgan fingerprint density at radius 2 is 2.12 bits per heavy atom. The van der Waals surface area contributed by atoms with Crippen LogP contribution in [0.4, 0.5) is 0 Å². The summed E-state index contributed by atoms with van der Waals surface area (Å²) in [6.45, 7) is 11.1. The number of carbonyl (C=O) groups excluding carboxylic acids is 1. The SMILES string of the molecule is C#CC[C@H](C[C@@H]1CC(OCOC)=CC(=O)O1)O[Si](C)(C)C(C)(C)C. The molecule has 136 valence electrons. The fraction of sp³-hybridized carbons (Fsp3) is 0.722. The third-order valence-corrected chi connectivity index (χ3v) is 9.03. The fourth-order valence-electron chi connectivity index (χ4n) is 2.21. The van der Waals surface area contributed by atoms with Gasteiger partial charge in [0.25, 0.3) is 0 Å². The molecule has 24 heavy (non-hydrogen) atoms. The molecule has 0 unspecified atom stereocenters. The summed E-state index contributed by atoms with van der Waals surface area (Å²) < 4.78 is 22.1. The maximum Gasteiger partial charge on any atom is 0.334 e. The van der Waals surface area contributed by atoms with Crippen LogP contribution >= 0.6 is 0 Å². The summed E-state index contributed by atoms with van der Waals surface area (Å²) in [5.74, 6) is 2.85. The summed E-state index contributed by atoms with van der Waals surface area (Å²) in [7, 11) is -0.410. The van der Waals surface area contributed by atoms with Gasteiger partial charge in [-0.15, -0.1) is 12.3 Å². The van der Waals surface area contributed by atoms with Crippen molar-refractivity contribution in [2.45, 2.75) is 70.4 Å². The molecular formula is C18H30O5Si. The predicted molar refractivity (Wildman–Crippen MR) is 95.7 cm³/mol. The van der Waals surface area contributed by atoms with E-state index in [-0.39, 0.29) is 24.0 Å². The lowest BCUT2D eigenvalue weighted by atomic mass is 10.0. The van der Waals surface area contributed by atoms with Crippen molar-refractivity contribution in [3.05, 3.63) is 11.8 Å². The van der Waals surface area contributed by atoms with Gasteiger partial charge in [-0.1, -0.05) is 20.8 Å².